The van der Waals surface area contributed by atoms with E-state index in [2.05, 4.69) is 28.9 Å². The highest BCUT2D eigenvalue weighted by molar-refractivity contribution is 5.97. The lowest BCUT2D eigenvalue weighted by atomic mass is 10.2. The SMILES string of the molecule is CCc1[nH]nc(C(=O)N2CCN(CC(C)C)CC2)c1N. The van der Waals surface area contributed by atoms with Gasteiger partial charge in [0.15, 0.2) is 5.69 Å². The summed E-state index contributed by atoms with van der Waals surface area (Å²) < 4.78 is 0. The maximum Gasteiger partial charge on any atom is 0.276 e. The molecule has 1 fully saturated rings. The van der Waals surface area contributed by atoms with Gasteiger partial charge < -0.3 is 10.6 Å². The van der Waals surface area contributed by atoms with Crippen LogP contribution in [0.5, 0.6) is 0 Å². The molecule has 0 bridgehead atoms. The fourth-order valence-corrected chi connectivity index (χ4v) is 2.62. The summed E-state index contributed by atoms with van der Waals surface area (Å²) in [6.45, 7) is 10.9. The third kappa shape index (κ3) is 3.12. The third-order valence-corrected chi connectivity index (χ3v) is 3.72. The van der Waals surface area contributed by atoms with E-state index in [-0.39, 0.29) is 5.91 Å². The van der Waals surface area contributed by atoms with Gasteiger partial charge >= 0.3 is 0 Å². The number of amides is 1. The van der Waals surface area contributed by atoms with Crippen LogP contribution in [0.4, 0.5) is 5.69 Å². The van der Waals surface area contributed by atoms with E-state index < -0.39 is 0 Å². The fourth-order valence-electron chi connectivity index (χ4n) is 2.62. The Hall–Kier alpha value is -1.56. The molecule has 112 valence electrons. The first-order valence-corrected chi connectivity index (χ1v) is 7.37. The molecule has 0 saturated carbocycles. The van der Waals surface area contributed by atoms with Crippen molar-refractivity contribution in [2.24, 2.45) is 5.92 Å². The molecule has 2 heterocycles. The Morgan fingerprint density at radius 1 is 1.35 bits per heavy atom. The van der Waals surface area contributed by atoms with E-state index >= 15 is 0 Å². The first-order chi connectivity index (χ1) is 9.52. The van der Waals surface area contributed by atoms with Crippen molar-refractivity contribution >= 4 is 11.6 Å². The van der Waals surface area contributed by atoms with Crippen LogP contribution in [0.25, 0.3) is 0 Å². The fraction of sp³-hybridized carbons (Fsp3) is 0.714. The summed E-state index contributed by atoms with van der Waals surface area (Å²) in [6, 6.07) is 0. The number of carbonyl (C=O) groups is 1. The van der Waals surface area contributed by atoms with Gasteiger partial charge in [-0.1, -0.05) is 20.8 Å². The molecule has 0 aliphatic carbocycles. The van der Waals surface area contributed by atoms with Crippen LogP contribution in [0.1, 0.15) is 37.0 Å². The van der Waals surface area contributed by atoms with E-state index in [1.54, 1.807) is 0 Å². The van der Waals surface area contributed by atoms with Crippen molar-refractivity contribution in [3.05, 3.63) is 11.4 Å². The number of nitrogens with zero attached hydrogens (tertiary/aromatic N) is 3. The second-order valence-corrected chi connectivity index (χ2v) is 5.80. The molecule has 2 rings (SSSR count). The van der Waals surface area contributed by atoms with Crippen LogP contribution in [0.3, 0.4) is 0 Å². The normalized spacial score (nSPS) is 16.9. The second-order valence-electron chi connectivity index (χ2n) is 5.80. The predicted octanol–water partition coefficient (Wildman–Crippen LogP) is 0.968. The number of carbonyl (C=O) groups excluding carboxylic acids is 1. The van der Waals surface area contributed by atoms with Crippen LogP contribution in [0, 0.1) is 5.92 Å². The van der Waals surface area contributed by atoms with Gasteiger partial charge in [0, 0.05) is 32.7 Å². The van der Waals surface area contributed by atoms with Crippen molar-refractivity contribution in [3.8, 4) is 0 Å². The van der Waals surface area contributed by atoms with Crippen molar-refractivity contribution in [2.75, 3.05) is 38.5 Å². The Morgan fingerprint density at radius 2 is 2.00 bits per heavy atom. The van der Waals surface area contributed by atoms with E-state index in [9.17, 15) is 4.79 Å². The Balaban J connectivity index is 1.96. The standard InChI is InChI=1S/C14H25N5O/c1-4-11-12(15)13(17-16-11)14(20)19-7-5-18(6-8-19)9-10(2)3/h10H,4-9,15H2,1-3H3,(H,16,17). The van der Waals surface area contributed by atoms with Crippen LogP contribution < -0.4 is 5.73 Å². The molecular formula is C14H25N5O. The largest absolute Gasteiger partial charge is 0.395 e. The molecule has 1 aromatic rings. The molecule has 0 radical (unpaired) electrons. The summed E-state index contributed by atoms with van der Waals surface area (Å²) >= 11 is 0. The Kier molecular flexibility index (Phi) is 4.65. The van der Waals surface area contributed by atoms with Crippen LogP contribution in [0.2, 0.25) is 0 Å². The number of nitrogen functional groups attached to an aromatic ring is 1. The average molecular weight is 279 g/mol. The number of hydrogen-bond acceptors (Lipinski definition) is 4. The molecule has 1 aliphatic heterocycles. The van der Waals surface area contributed by atoms with Gasteiger partial charge in [-0.25, -0.2) is 0 Å². The van der Waals surface area contributed by atoms with E-state index in [4.69, 9.17) is 5.73 Å². The van der Waals surface area contributed by atoms with Crippen molar-refractivity contribution in [3.63, 3.8) is 0 Å². The smallest absolute Gasteiger partial charge is 0.276 e. The van der Waals surface area contributed by atoms with Crippen molar-refractivity contribution in [2.45, 2.75) is 27.2 Å². The molecular weight excluding hydrogens is 254 g/mol. The average Bonchev–Trinajstić information content (AvgIpc) is 2.79. The molecule has 1 aromatic heterocycles. The van der Waals surface area contributed by atoms with Crippen molar-refractivity contribution in [1.29, 1.82) is 0 Å². The van der Waals surface area contributed by atoms with E-state index in [1.165, 1.54) is 0 Å². The molecule has 20 heavy (non-hydrogen) atoms. The molecule has 1 saturated heterocycles. The maximum atomic E-state index is 12.4. The first-order valence-electron chi connectivity index (χ1n) is 7.37. The predicted molar refractivity (Wildman–Crippen MR) is 79.6 cm³/mol. The number of rotatable bonds is 4. The molecule has 1 aliphatic rings. The molecule has 3 N–H and O–H groups in total. The van der Waals surface area contributed by atoms with E-state index in [1.807, 2.05) is 11.8 Å². The third-order valence-electron chi connectivity index (χ3n) is 3.72. The molecule has 0 spiro atoms. The zero-order chi connectivity index (χ0) is 14.7. The minimum Gasteiger partial charge on any atom is -0.395 e. The summed E-state index contributed by atoms with van der Waals surface area (Å²) in [4.78, 5) is 16.7. The summed E-state index contributed by atoms with van der Waals surface area (Å²) in [7, 11) is 0. The number of nitrogens with two attached hydrogens (primary N) is 1. The van der Waals surface area contributed by atoms with E-state index in [0.29, 0.717) is 17.3 Å². The highest BCUT2D eigenvalue weighted by Gasteiger charge is 2.26. The summed E-state index contributed by atoms with van der Waals surface area (Å²) in [5.74, 6) is 0.606. The van der Waals surface area contributed by atoms with Crippen LogP contribution in [0.15, 0.2) is 0 Å². The lowest BCUT2D eigenvalue weighted by Crippen LogP contribution is -2.49. The number of anilines is 1. The maximum absolute atomic E-state index is 12.4. The second kappa shape index (κ2) is 6.26. The summed E-state index contributed by atoms with van der Waals surface area (Å²) in [5, 5.41) is 6.92. The molecule has 0 atom stereocenters. The quantitative estimate of drug-likeness (QED) is 0.861. The zero-order valence-corrected chi connectivity index (χ0v) is 12.6. The number of H-pyrrole nitrogens is 1. The van der Waals surface area contributed by atoms with Gasteiger partial charge in [0.25, 0.3) is 5.91 Å². The molecule has 6 nitrogen and oxygen atoms in total. The molecule has 6 heteroatoms. The van der Waals surface area contributed by atoms with Gasteiger partial charge in [0.05, 0.1) is 11.4 Å². The molecule has 1 amide bonds. The van der Waals surface area contributed by atoms with Gasteiger partial charge in [-0.05, 0) is 12.3 Å². The minimum atomic E-state index is -0.0531. The Bertz CT molecular complexity index is 460. The highest BCUT2D eigenvalue weighted by atomic mass is 16.2. The monoisotopic (exact) mass is 279 g/mol. The van der Waals surface area contributed by atoms with Crippen LogP contribution in [-0.2, 0) is 6.42 Å². The van der Waals surface area contributed by atoms with Gasteiger partial charge in [0.2, 0.25) is 0 Å². The van der Waals surface area contributed by atoms with Crippen LogP contribution in [-0.4, -0.2) is 58.6 Å². The summed E-state index contributed by atoms with van der Waals surface area (Å²) in [6.07, 6.45) is 0.758. The first kappa shape index (κ1) is 14.8. The van der Waals surface area contributed by atoms with Gasteiger partial charge in [-0.15, -0.1) is 0 Å². The van der Waals surface area contributed by atoms with E-state index in [0.717, 1.165) is 44.8 Å². The Morgan fingerprint density at radius 3 is 2.50 bits per heavy atom. The number of aromatic nitrogens is 2. The van der Waals surface area contributed by atoms with Gasteiger partial charge in [-0.2, -0.15) is 5.10 Å². The zero-order valence-electron chi connectivity index (χ0n) is 12.6. The number of aryl methyl sites for hydroxylation is 1. The van der Waals surface area contributed by atoms with Gasteiger partial charge in [0.1, 0.15) is 0 Å². The van der Waals surface area contributed by atoms with Gasteiger partial charge in [-0.3, -0.25) is 14.8 Å². The lowest BCUT2D eigenvalue weighted by Gasteiger charge is -2.35. The van der Waals surface area contributed by atoms with Crippen molar-refractivity contribution < 1.29 is 4.79 Å². The number of piperazine rings is 1. The minimum absolute atomic E-state index is 0.0531. The topological polar surface area (TPSA) is 78.2 Å². The molecule has 0 unspecified atom stereocenters. The molecule has 0 aromatic carbocycles. The highest BCUT2D eigenvalue weighted by Crippen LogP contribution is 2.17. The van der Waals surface area contributed by atoms with Crippen molar-refractivity contribution in [1.82, 2.24) is 20.0 Å². The lowest BCUT2D eigenvalue weighted by molar-refractivity contribution is 0.0619. The number of aromatic amines is 1. The number of hydrogen-bond donors (Lipinski definition) is 2. The number of nitrogens with one attached hydrogen (secondary N) is 1. The van der Waals surface area contributed by atoms with Crippen LogP contribution >= 0.6 is 0 Å². The Labute approximate surface area is 120 Å². The summed E-state index contributed by atoms with van der Waals surface area (Å²) in [5.41, 5.74) is 7.68.